The van der Waals surface area contributed by atoms with Gasteiger partial charge in [0.25, 0.3) is 15.9 Å². The highest BCUT2D eigenvalue weighted by atomic mass is 35.5. The van der Waals surface area contributed by atoms with E-state index in [9.17, 15) is 13.2 Å². The van der Waals surface area contributed by atoms with Gasteiger partial charge in [0, 0.05) is 23.8 Å². The van der Waals surface area contributed by atoms with Gasteiger partial charge < -0.3 is 5.32 Å². The molecule has 0 atom stereocenters. The van der Waals surface area contributed by atoms with Crippen LogP contribution < -0.4 is 9.62 Å². The van der Waals surface area contributed by atoms with Gasteiger partial charge in [-0.1, -0.05) is 29.8 Å². The van der Waals surface area contributed by atoms with Crippen LogP contribution in [0.3, 0.4) is 0 Å². The Labute approximate surface area is 175 Å². The minimum atomic E-state index is -3.86. The molecule has 1 aromatic heterocycles. The predicted octanol–water partition coefficient (Wildman–Crippen LogP) is 3.80. The van der Waals surface area contributed by atoms with Crippen LogP contribution in [0.1, 0.15) is 21.6 Å². The van der Waals surface area contributed by atoms with Crippen molar-refractivity contribution < 1.29 is 13.2 Å². The zero-order chi connectivity index (χ0) is 21.0. The molecule has 0 radical (unpaired) electrons. The van der Waals surface area contributed by atoms with Crippen molar-refractivity contribution in [3.8, 4) is 0 Å². The number of rotatable bonds is 6. The number of hydrogen-bond acceptors (Lipinski definition) is 4. The molecule has 0 saturated heterocycles. The van der Waals surface area contributed by atoms with E-state index in [2.05, 4.69) is 10.3 Å². The first-order valence-electron chi connectivity index (χ1n) is 8.82. The fraction of sp³-hybridized carbons (Fsp3) is 0.143. The Hall–Kier alpha value is -2.90. The number of pyridine rings is 1. The summed E-state index contributed by atoms with van der Waals surface area (Å²) in [4.78, 5) is 16.8. The molecule has 0 saturated carbocycles. The number of nitrogens with zero attached hydrogens (tertiary/aromatic N) is 2. The Morgan fingerprint density at radius 1 is 1.10 bits per heavy atom. The van der Waals surface area contributed by atoms with Crippen molar-refractivity contribution in [3.63, 3.8) is 0 Å². The van der Waals surface area contributed by atoms with Crippen LogP contribution in [0.25, 0.3) is 0 Å². The summed E-state index contributed by atoms with van der Waals surface area (Å²) in [6.45, 7) is 2.16. The van der Waals surface area contributed by atoms with Gasteiger partial charge in [-0.15, -0.1) is 0 Å². The molecular weight excluding hydrogens is 410 g/mol. The van der Waals surface area contributed by atoms with E-state index in [1.807, 2.05) is 19.1 Å². The number of amides is 1. The fourth-order valence-electron chi connectivity index (χ4n) is 2.74. The van der Waals surface area contributed by atoms with Crippen molar-refractivity contribution in [2.45, 2.75) is 18.4 Å². The number of aromatic nitrogens is 1. The van der Waals surface area contributed by atoms with Crippen LogP contribution in [0.5, 0.6) is 0 Å². The average molecular weight is 430 g/mol. The monoisotopic (exact) mass is 429 g/mol. The molecule has 0 fully saturated rings. The summed E-state index contributed by atoms with van der Waals surface area (Å²) in [5, 5.41) is 3.21. The number of carbonyl (C=O) groups excluding carboxylic acids is 1. The SMILES string of the molecule is Cc1cccnc1CNC(=O)c1cccc(S(=O)(=O)N(C)c2cccc(Cl)c2)c1. The molecule has 6 nitrogen and oxygen atoms in total. The summed E-state index contributed by atoms with van der Waals surface area (Å²) in [6.07, 6.45) is 1.66. The highest BCUT2D eigenvalue weighted by Gasteiger charge is 2.22. The third kappa shape index (κ3) is 4.75. The van der Waals surface area contributed by atoms with Crippen LogP contribution in [0, 0.1) is 6.92 Å². The highest BCUT2D eigenvalue weighted by Crippen LogP contribution is 2.25. The van der Waals surface area contributed by atoms with E-state index in [1.165, 1.54) is 19.2 Å². The summed E-state index contributed by atoms with van der Waals surface area (Å²) < 4.78 is 27.1. The van der Waals surface area contributed by atoms with Crippen molar-refractivity contribution >= 4 is 33.2 Å². The number of sulfonamides is 1. The number of aryl methyl sites for hydroxylation is 1. The summed E-state index contributed by atoms with van der Waals surface area (Å²) in [5.41, 5.74) is 2.40. The van der Waals surface area contributed by atoms with Gasteiger partial charge in [-0.2, -0.15) is 0 Å². The first-order chi connectivity index (χ1) is 13.8. The number of carbonyl (C=O) groups is 1. The van der Waals surface area contributed by atoms with Crippen molar-refractivity contribution in [1.29, 1.82) is 0 Å². The van der Waals surface area contributed by atoms with Gasteiger partial charge >= 0.3 is 0 Å². The van der Waals surface area contributed by atoms with Crippen LogP contribution in [0.4, 0.5) is 5.69 Å². The maximum absolute atomic E-state index is 13.0. The lowest BCUT2D eigenvalue weighted by molar-refractivity contribution is 0.0950. The molecule has 1 N–H and O–H groups in total. The molecule has 3 aromatic rings. The smallest absolute Gasteiger partial charge is 0.264 e. The fourth-order valence-corrected chi connectivity index (χ4v) is 4.15. The summed E-state index contributed by atoms with van der Waals surface area (Å²) in [5.74, 6) is -0.377. The number of anilines is 1. The van der Waals surface area contributed by atoms with E-state index in [0.29, 0.717) is 10.7 Å². The van der Waals surface area contributed by atoms with Gasteiger partial charge in [0.15, 0.2) is 0 Å². The molecule has 0 unspecified atom stereocenters. The van der Waals surface area contributed by atoms with Gasteiger partial charge in [0.1, 0.15) is 0 Å². The summed E-state index contributed by atoms with van der Waals surface area (Å²) >= 11 is 5.97. The van der Waals surface area contributed by atoms with Gasteiger partial charge in [-0.05, 0) is 55.0 Å². The molecule has 0 bridgehead atoms. The van der Waals surface area contributed by atoms with E-state index < -0.39 is 10.0 Å². The van der Waals surface area contributed by atoms with E-state index in [0.717, 1.165) is 15.6 Å². The zero-order valence-electron chi connectivity index (χ0n) is 16.0. The van der Waals surface area contributed by atoms with Crippen LogP contribution >= 0.6 is 11.6 Å². The van der Waals surface area contributed by atoms with Crippen molar-refractivity contribution in [2.75, 3.05) is 11.4 Å². The normalized spacial score (nSPS) is 11.1. The number of hydrogen-bond donors (Lipinski definition) is 1. The molecule has 0 aliphatic heterocycles. The third-order valence-corrected chi connectivity index (χ3v) is 6.48. The number of halogens is 1. The van der Waals surface area contributed by atoms with Gasteiger partial charge in [-0.25, -0.2) is 8.42 Å². The molecule has 1 heterocycles. The third-order valence-electron chi connectivity index (χ3n) is 4.46. The second-order valence-corrected chi connectivity index (χ2v) is 8.84. The molecule has 0 spiro atoms. The average Bonchev–Trinajstić information content (AvgIpc) is 2.72. The lowest BCUT2D eigenvalue weighted by atomic mass is 10.2. The van der Waals surface area contributed by atoms with Crippen LogP contribution in [-0.2, 0) is 16.6 Å². The van der Waals surface area contributed by atoms with E-state index in [1.54, 1.807) is 42.6 Å². The molecule has 8 heteroatoms. The zero-order valence-corrected chi connectivity index (χ0v) is 17.5. The van der Waals surface area contributed by atoms with Crippen molar-refractivity contribution in [3.05, 3.63) is 88.7 Å². The Bertz CT molecular complexity index is 1150. The van der Waals surface area contributed by atoms with Crippen LogP contribution in [0.2, 0.25) is 5.02 Å². The Morgan fingerprint density at radius 2 is 1.86 bits per heavy atom. The summed E-state index contributed by atoms with van der Waals surface area (Å²) in [7, 11) is -2.41. The maximum atomic E-state index is 13.0. The molecule has 1 amide bonds. The molecule has 150 valence electrons. The first-order valence-corrected chi connectivity index (χ1v) is 10.6. The standard InChI is InChI=1S/C21H20ClN3O3S/c1-15-6-5-11-23-20(15)14-24-21(26)16-7-3-10-19(12-16)29(27,28)25(2)18-9-4-8-17(22)13-18/h3-13H,14H2,1-2H3,(H,24,26). The molecule has 0 aliphatic rings. The maximum Gasteiger partial charge on any atom is 0.264 e. The van der Waals surface area contributed by atoms with E-state index in [-0.39, 0.29) is 22.9 Å². The van der Waals surface area contributed by atoms with Gasteiger partial charge in [-0.3, -0.25) is 14.1 Å². The second-order valence-electron chi connectivity index (χ2n) is 6.43. The first kappa shape index (κ1) is 20.8. The van der Waals surface area contributed by atoms with Crippen LogP contribution in [0.15, 0.2) is 71.8 Å². The Morgan fingerprint density at radius 3 is 2.59 bits per heavy atom. The highest BCUT2D eigenvalue weighted by molar-refractivity contribution is 7.92. The number of nitrogens with one attached hydrogen (secondary N) is 1. The minimum absolute atomic E-state index is 0.0154. The lowest BCUT2D eigenvalue weighted by Crippen LogP contribution is -2.27. The van der Waals surface area contributed by atoms with Crippen LogP contribution in [-0.4, -0.2) is 26.4 Å². The number of benzene rings is 2. The topological polar surface area (TPSA) is 79.4 Å². The van der Waals surface area contributed by atoms with E-state index >= 15 is 0 Å². The second kappa shape index (κ2) is 8.63. The lowest BCUT2D eigenvalue weighted by Gasteiger charge is -2.20. The van der Waals surface area contributed by atoms with Crippen molar-refractivity contribution in [2.24, 2.45) is 0 Å². The Balaban J connectivity index is 1.81. The van der Waals surface area contributed by atoms with Gasteiger partial charge in [0.05, 0.1) is 22.8 Å². The van der Waals surface area contributed by atoms with Crippen molar-refractivity contribution in [1.82, 2.24) is 10.3 Å². The minimum Gasteiger partial charge on any atom is -0.346 e. The summed E-state index contributed by atoms with van der Waals surface area (Å²) in [6, 6.07) is 16.2. The van der Waals surface area contributed by atoms with E-state index in [4.69, 9.17) is 11.6 Å². The molecule has 0 aliphatic carbocycles. The molecular formula is C21H20ClN3O3S. The largest absolute Gasteiger partial charge is 0.346 e. The molecule has 2 aromatic carbocycles. The predicted molar refractivity (Wildman–Crippen MR) is 114 cm³/mol. The quantitative estimate of drug-likeness (QED) is 0.646. The Kier molecular flexibility index (Phi) is 6.20. The van der Waals surface area contributed by atoms with Gasteiger partial charge in [0.2, 0.25) is 0 Å². The molecule has 29 heavy (non-hydrogen) atoms. The molecule has 3 rings (SSSR count).